The average Bonchev–Trinajstić information content (AvgIpc) is 3.29. The Morgan fingerprint density at radius 2 is 1.31 bits per heavy atom. The molecule has 4 aromatic rings. The van der Waals surface area contributed by atoms with E-state index in [-0.39, 0.29) is 12.4 Å². The summed E-state index contributed by atoms with van der Waals surface area (Å²) in [5, 5.41) is 8.11. The highest BCUT2D eigenvalue weighted by atomic mass is 16.5. The van der Waals surface area contributed by atoms with E-state index in [1.807, 2.05) is 36.4 Å². The first-order chi connectivity index (χ1) is 14.2. The number of aromatic nitrogens is 2. The predicted molar refractivity (Wildman–Crippen MR) is 106 cm³/mol. The average molecular weight is 384 g/mol. The first kappa shape index (κ1) is 18.3. The van der Waals surface area contributed by atoms with Gasteiger partial charge < -0.3 is 9.15 Å². The van der Waals surface area contributed by atoms with Gasteiger partial charge in [-0.2, -0.15) is 0 Å². The summed E-state index contributed by atoms with van der Waals surface area (Å²) in [6.07, 6.45) is 0. The molecule has 6 heteroatoms. The summed E-state index contributed by atoms with van der Waals surface area (Å²) in [7, 11) is 0. The molecule has 0 saturated carbocycles. The number of Topliss-reactive ketones (excluding diaryl/α,β-unsaturated/α-hetero) is 1. The summed E-state index contributed by atoms with van der Waals surface area (Å²) in [6, 6.07) is 24.7. The first-order valence-corrected chi connectivity index (χ1v) is 8.95. The van der Waals surface area contributed by atoms with Crippen LogP contribution in [0.3, 0.4) is 0 Å². The van der Waals surface area contributed by atoms with Crippen LogP contribution in [0, 0.1) is 0 Å². The Bertz CT molecular complexity index is 1140. The van der Waals surface area contributed by atoms with Gasteiger partial charge in [-0.1, -0.05) is 54.6 Å². The minimum Gasteiger partial charge on any atom is -0.454 e. The zero-order valence-electron chi connectivity index (χ0n) is 15.3. The van der Waals surface area contributed by atoms with Gasteiger partial charge in [0.1, 0.15) is 0 Å². The lowest BCUT2D eigenvalue weighted by atomic mass is 10.1. The molecule has 0 spiro atoms. The number of carbonyl (C=O) groups is 2. The molecule has 1 heterocycles. The Labute approximate surface area is 166 Å². The standard InChI is InChI=1S/C23H16N2O4/c26-20(16-8-3-1-4-9-16)15-28-23(27)19-13-7-12-18(14-19)22-25-24-21(29-22)17-10-5-2-6-11-17/h1-14H,15H2. The molecule has 6 nitrogen and oxygen atoms in total. The second kappa shape index (κ2) is 8.31. The maximum absolute atomic E-state index is 12.3. The van der Waals surface area contributed by atoms with Crippen LogP contribution in [0.2, 0.25) is 0 Å². The Hall–Kier alpha value is -4.06. The summed E-state index contributed by atoms with van der Waals surface area (Å²) < 4.78 is 10.9. The molecular weight excluding hydrogens is 368 g/mol. The topological polar surface area (TPSA) is 82.3 Å². The molecule has 1 aromatic heterocycles. The molecule has 0 radical (unpaired) electrons. The fourth-order valence-corrected chi connectivity index (χ4v) is 2.74. The van der Waals surface area contributed by atoms with E-state index in [2.05, 4.69) is 10.2 Å². The highest BCUT2D eigenvalue weighted by Crippen LogP contribution is 2.24. The number of hydrogen-bond acceptors (Lipinski definition) is 6. The van der Waals surface area contributed by atoms with Gasteiger partial charge in [0.05, 0.1) is 5.56 Å². The Morgan fingerprint density at radius 1 is 0.724 bits per heavy atom. The molecule has 0 unspecified atom stereocenters. The van der Waals surface area contributed by atoms with Gasteiger partial charge in [0.25, 0.3) is 0 Å². The monoisotopic (exact) mass is 384 g/mol. The fraction of sp³-hybridized carbons (Fsp3) is 0.0435. The Kier molecular flexibility index (Phi) is 5.25. The lowest BCUT2D eigenvalue weighted by molar-refractivity contribution is 0.0475. The summed E-state index contributed by atoms with van der Waals surface area (Å²) in [5.74, 6) is -0.181. The molecule has 0 aliphatic heterocycles. The van der Waals surface area contributed by atoms with E-state index in [0.29, 0.717) is 28.5 Å². The third-order valence-electron chi connectivity index (χ3n) is 4.22. The maximum Gasteiger partial charge on any atom is 0.338 e. The number of rotatable bonds is 6. The van der Waals surface area contributed by atoms with Gasteiger partial charge in [0, 0.05) is 16.7 Å². The molecule has 0 bridgehead atoms. The van der Waals surface area contributed by atoms with Crippen molar-refractivity contribution in [1.82, 2.24) is 10.2 Å². The van der Waals surface area contributed by atoms with Crippen LogP contribution in [-0.2, 0) is 4.74 Å². The van der Waals surface area contributed by atoms with Crippen molar-refractivity contribution >= 4 is 11.8 Å². The quantitative estimate of drug-likeness (QED) is 0.361. The third-order valence-corrected chi connectivity index (χ3v) is 4.22. The highest BCUT2D eigenvalue weighted by Gasteiger charge is 2.15. The lowest BCUT2D eigenvalue weighted by Gasteiger charge is -2.05. The van der Waals surface area contributed by atoms with Crippen LogP contribution in [-0.4, -0.2) is 28.6 Å². The van der Waals surface area contributed by atoms with Crippen molar-refractivity contribution in [2.75, 3.05) is 6.61 Å². The van der Waals surface area contributed by atoms with Gasteiger partial charge >= 0.3 is 5.97 Å². The molecule has 0 aliphatic carbocycles. The van der Waals surface area contributed by atoms with Gasteiger partial charge in [-0.05, 0) is 30.3 Å². The summed E-state index contributed by atoms with van der Waals surface area (Å²) in [6.45, 7) is -0.328. The molecule has 0 aliphatic rings. The van der Waals surface area contributed by atoms with Crippen LogP contribution in [0.4, 0.5) is 0 Å². The SMILES string of the molecule is O=C(COC(=O)c1cccc(-c2nnc(-c3ccccc3)o2)c1)c1ccccc1. The summed E-state index contributed by atoms with van der Waals surface area (Å²) in [4.78, 5) is 24.4. The van der Waals surface area contributed by atoms with Gasteiger partial charge in [-0.25, -0.2) is 4.79 Å². The lowest BCUT2D eigenvalue weighted by Crippen LogP contribution is -2.14. The van der Waals surface area contributed by atoms with Crippen molar-refractivity contribution in [3.63, 3.8) is 0 Å². The molecule has 0 atom stereocenters. The second-order valence-electron chi connectivity index (χ2n) is 6.22. The number of hydrogen-bond donors (Lipinski definition) is 0. The zero-order valence-corrected chi connectivity index (χ0v) is 15.3. The van der Waals surface area contributed by atoms with Crippen molar-refractivity contribution < 1.29 is 18.7 Å². The zero-order chi connectivity index (χ0) is 20.1. The van der Waals surface area contributed by atoms with Gasteiger partial charge in [-0.15, -0.1) is 10.2 Å². The molecule has 0 saturated heterocycles. The summed E-state index contributed by atoms with van der Waals surface area (Å²) in [5.41, 5.74) is 2.18. The number of carbonyl (C=O) groups excluding carboxylic acids is 2. The minimum atomic E-state index is -0.598. The van der Waals surface area contributed by atoms with E-state index in [1.54, 1.807) is 48.5 Å². The van der Waals surface area contributed by atoms with E-state index in [0.717, 1.165) is 5.56 Å². The molecule has 3 aromatic carbocycles. The number of ether oxygens (including phenoxy) is 1. The number of nitrogens with zero attached hydrogens (tertiary/aromatic N) is 2. The van der Waals surface area contributed by atoms with Crippen molar-refractivity contribution in [3.8, 4) is 22.9 Å². The number of benzene rings is 3. The Balaban J connectivity index is 1.47. The highest BCUT2D eigenvalue weighted by molar-refractivity contribution is 5.99. The van der Waals surface area contributed by atoms with Crippen LogP contribution in [0.15, 0.2) is 89.3 Å². The van der Waals surface area contributed by atoms with E-state index in [1.165, 1.54) is 0 Å². The van der Waals surface area contributed by atoms with Crippen molar-refractivity contribution in [2.24, 2.45) is 0 Å². The maximum atomic E-state index is 12.3. The largest absolute Gasteiger partial charge is 0.454 e. The third kappa shape index (κ3) is 4.27. The van der Waals surface area contributed by atoms with E-state index in [9.17, 15) is 9.59 Å². The van der Waals surface area contributed by atoms with Crippen LogP contribution in [0.5, 0.6) is 0 Å². The van der Waals surface area contributed by atoms with Gasteiger partial charge in [0.15, 0.2) is 12.4 Å². The smallest absolute Gasteiger partial charge is 0.338 e. The second-order valence-corrected chi connectivity index (χ2v) is 6.22. The molecule has 142 valence electrons. The van der Waals surface area contributed by atoms with Gasteiger partial charge in [-0.3, -0.25) is 4.79 Å². The van der Waals surface area contributed by atoms with Gasteiger partial charge in [0.2, 0.25) is 11.8 Å². The number of esters is 1. The Morgan fingerprint density at radius 3 is 2.03 bits per heavy atom. The molecule has 0 amide bonds. The van der Waals surface area contributed by atoms with E-state index in [4.69, 9.17) is 9.15 Å². The van der Waals surface area contributed by atoms with Crippen LogP contribution in [0.1, 0.15) is 20.7 Å². The number of ketones is 1. The molecule has 4 rings (SSSR count). The van der Waals surface area contributed by atoms with Crippen LogP contribution in [0.25, 0.3) is 22.9 Å². The summed E-state index contributed by atoms with van der Waals surface area (Å²) >= 11 is 0. The van der Waals surface area contributed by atoms with Crippen molar-refractivity contribution in [3.05, 3.63) is 96.1 Å². The van der Waals surface area contributed by atoms with E-state index < -0.39 is 5.97 Å². The molecular formula is C23H16N2O4. The molecule has 0 fully saturated rings. The first-order valence-electron chi connectivity index (χ1n) is 8.95. The molecule has 29 heavy (non-hydrogen) atoms. The van der Waals surface area contributed by atoms with Crippen molar-refractivity contribution in [1.29, 1.82) is 0 Å². The van der Waals surface area contributed by atoms with Crippen molar-refractivity contribution in [2.45, 2.75) is 0 Å². The van der Waals surface area contributed by atoms with Crippen LogP contribution >= 0.6 is 0 Å². The predicted octanol–water partition coefficient (Wildman–Crippen LogP) is 4.44. The minimum absolute atomic E-state index is 0.264. The van der Waals surface area contributed by atoms with E-state index >= 15 is 0 Å². The van der Waals surface area contributed by atoms with Crippen LogP contribution < -0.4 is 0 Å². The molecule has 0 N–H and O–H groups in total. The normalized spacial score (nSPS) is 10.5. The fourth-order valence-electron chi connectivity index (χ4n) is 2.74.